The molecule has 0 saturated carbocycles. The van der Waals surface area contributed by atoms with Crippen LogP contribution in [0.15, 0.2) is 242 Å². The number of hydrogen-bond donors (Lipinski definition) is 0. The molecule has 316 valence electrons. The Morgan fingerprint density at radius 2 is 1.03 bits per heavy atom. The molecule has 12 rings (SSSR count). The van der Waals surface area contributed by atoms with Crippen LogP contribution in [0.3, 0.4) is 0 Å². The topological polar surface area (TPSA) is 8.17 Å². The molecule has 1 heterocycles. The largest absolute Gasteiger partial charge is 0.310 e. The highest BCUT2D eigenvalue weighted by molar-refractivity contribution is 6.21. The fourth-order valence-electron chi connectivity index (χ4n) is 11.2. The van der Waals surface area contributed by atoms with Gasteiger partial charge in [0.1, 0.15) is 0 Å². The first-order valence-electron chi connectivity index (χ1n) is 23.5. The maximum atomic E-state index is 2.46. The van der Waals surface area contributed by atoms with Crippen molar-refractivity contribution in [1.29, 1.82) is 0 Å². The lowest BCUT2D eigenvalue weighted by molar-refractivity contribution is 0.438. The number of anilines is 3. The van der Waals surface area contributed by atoms with Crippen molar-refractivity contribution in [3.05, 3.63) is 247 Å². The summed E-state index contributed by atoms with van der Waals surface area (Å²) in [7, 11) is 0. The van der Waals surface area contributed by atoms with Crippen molar-refractivity contribution < 1.29 is 0 Å². The third kappa shape index (κ3) is 6.63. The van der Waals surface area contributed by atoms with Crippen LogP contribution in [0.2, 0.25) is 0 Å². The van der Waals surface area contributed by atoms with Crippen molar-refractivity contribution in [2.45, 2.75) is 26.7 Å². The molecule has 10 aromatic rings. The van der Waals surface area contributed by atoms with Gasteiger partial charge in [0.2, 0.25) is 0 Å². The van der Waals surface area contributed by atoms with Crippen LogP contribution >= 0.6 is 0 Å². The maximum Gasteiger partial charge on any atom is 0.0542 e. The third-order valence-corrected chi connectivity index (χ3v) is 14.2. The Bertz CT molecular complexity index is 3580. The van der Waals surface area contributed by atoms with Crippen LogP contribution in [0, 0.1) is 11.8 Å². The van der Waals surface area contributed by atoms with Gasteiger partial charge < -0.3 is 9.47 Å². The zero-order valence-corrected chi connectivity index (χ0v) is 37.4. The fraction of sp³-hybridized carbons (Fsp3) is 0.0938. The number of para-hydroxylation sites is 2. The third-order valence-electron chi connectivity index (χ3n) is 14.2. The standard InChI is InChI=1S/C64H50N2/c1-3-18-53-43(2)52-24-11-10-21-47(52)41-59(53)44-31-35-49(36-32-44)65(51-39-40-62-60(42-51)56-27-16-17-30-61(56)66(62)48-22-8-5-9-23-48)50-37-33-46(34-38-50)64-58-29-15-13-26-55(58)54-25-12-14-28-57(54)63(64)45-19-6-4-7-20-45/h3-10,12-23,25-43,52H,11,24H2,1-2H3/b18-3-. The highest BCUT2D eigenvalue weighted by Gasteiger charge is 2.30. The summed E-state index contributed by atoms with van der Waals surface area (Å²) in [5.74, 6) is 1.03. The zero-order chi connectivity index (χ0) is 44.1. The van der Waals surface area contributed by atoms with Crippen LogP contribution in [0.4, 0.5) is 17.1 Å². The van der Waals surface area contributed by atoms with E-state index >= 15 is 0 Å². The number of hydrogen-bond acceptors (Lipinski definition) is 1. The first-order chi connectivity index (χ1) is 32.6. The molecule has 0 bridgehead atoms. The zero-order valence-electron chi connectivity index (χ0n) is 37.4. The van der Waals surface area contributed by atoms with Crippen molar-refractivity contribution in [1.82, 2.24) is 4.57 Å². The molecule has 66 heavy (non-hydrogen) atoms. The molecule has 0 amide bonds. The fourth-order valence-corrected chi connectivity index (χ4v) is 11.2. The van der Waals surface area contributed by atoms with Crippen LogP contribution in [0.1, 0.15) is 32.3 Å². The monoisotopic (exact) mass is 846 g/mol. The number of rotatable bonds is 8. The van der Waals surface area contributed by atoms with Gasteiger partial charge in [-0.3, -0.25) is 0 Å². The molecule has 0 aliphatic heterocycles. The molecule has 9 aromatic carbocycles. The second kappa shape index (κ2) is 16.6. The molecule has 0 spiro atoms. The number of aromatic nitrogens is 1. The van der Waals surface area contributed by atoms with E-state index in [9.17, 15) is 0 Å². The average Bonchev–Trinajstić information content (AvgIpc) is 3.71. The van der Waals surface area contributed by atoms with Crippen LogP contribution in [0.25, 0.3) is 76.9 Å². The van der Waals surface area contributed by atoms with E-state index in [0.717, 1.165) is 29.2 Å². The number of fused-ring (bicyclic) bond motifs is 7. The number of nitrogens with zero attached hydrogens (tertiary/aromatic N) is 2. The summed E-state index contributed by atoms with van der Waals surface area (Å²) in [5.41, 5.74) is 17.2. The molecular formula is C64H50N2. The Balaban J connectivity index is 1.04. The molecule has 2 atom stereocenters. The van der Waals surface area contributed by atoms with Gasteiger partial charge in [-0.1, -0.05) is 177 Å². The SMILES string of the molecule is C/C=C\C1=C(c2ccc(N(c3ccc(-c4c(-c5ccccc5)c5ccccc5c5ccccc45)cc3)c3ccc4c(c3)c3ccccc3n4-c3ccccc3)cc2)C=C2C=CCCC2C1C. The second-order valence-corrected chi connectivity index (χ2v) is 17.9. The summed E-state index contributed by atoms with van der Waals surface area (Å²) in [6.45, 7) is 4.56. The highest BCUT2D eigenvalue weighted by atomic mass is 15.1. The molecular weight excluding hydrogens is 797 g/mol. The van der Waals surface area contributed by atoms with Gasteiger partial charge in [-0.25, -0.2) is 0 Å². The molecule has 0 radical (unpaired) electrons. The molecule has 0 fully saturated rings. The van der Waals surface area contributed by atoms with Gasteiger partial charge in [-0.15, -0.1) is 0 Å². The quantitative estimate of drug-likeness (QED) is 0.138. The first kappa shape index (κ1) is 39.6. The van der Waals surface area contributed by atoms with E-state index in [1.807, 2.05) is 0 Å². The predicted octanol–water partition coefficient (Wildman–Crippen LogP) is 17.8. The Hall–Kier alpha value is -7.94. The van der Waals surface area contributed by atoms with Crippen LogP contribution < -0.4 is 4.90 Å². The molecule has 1 aromatic heterocycles. The van der Waals surface area contributed by atoms with Gasteiger partial charge >= 0.3 is 0 Å². The van der Waals surface area contributed by atoms with E-state index in [4.69, 9.17) is 0 Å². The lowest BCUT2D eigenvalue weighted by atomic mass is 9.70. The Labute approximate surface area is 387 Å². The summed E-state index contributed by atoms with van der Waals surface area (Å²) in [6.07, 6.45) is 14.1. The molecule has 0 saturated heterocycles. The Kier molecular flexibility index (Phi) is 9.95. The molecule has 2 unspecified atom stereocenters. The van der Waals surface area contributed by atoms with E-state index < -0.39 is 0 Å². The summed E-state index contributed by atoms with van der Waals surface area (Å²) in [5, 5.41) is 7.51. The smallest absolute Gasteiger partial charge is 0.0542 e. The summed E-state index contributed by atoms with van der Waals surface area (Å²) in [4.78, 5) is 2.43. The van der Waals surface area contributed by atoms with E-state index in [1.54, 1.807) is 0 Å². The van der Waals surface area contributed by atoms with Crippen molar-refractivity contribution in [3.8, 4) is 27.9 Å². The average molecular weight is 847 g/mol. The van der Waals surface area contributed by atoms with E-state index in [2.05, 4.69) is 254 Å². The first-order valence-corrected chi connectivity index (χ1v) is 23.5. The minimum Gasteiger partial charge on any atom is -0.310 e. The summed E-state index contributed by atoms with van der Waals surface area (Å²) >= 11 is 0. The van der Waals surface area contributed by atoms with E-state index in [1.165, 1.54) is 94.3 Å². The summed E-state index contributed by atoms with van der Waals surface area (Å²) < 4.78 is 2.39. The van der Waals surface area contributed by atoms with Gasteiger partial charge in [0.15, 0.2) is 0 Å². The van der Waals surface area contributed by atoms with E-state index in [-0.39, 0.29) is 0 Å². The summed E-state index contributed by atoms with van der Waals surface area (Å²) in [6, 6.07) is 73.8. The van der Waals surface area contributed by atoms with Gasteiger partial charge in [-0.05, 0) is 158 Å². The number of allylic oxidation sites excluding steroid dienone is 8. The lowest BCUT2D eigenvalue weighted by Crippen LogP contribution is -2.21. The highest BCUT2D eigenvalue weighted by Crippen LogP contribution is 2.47. The molecule has 0 N–H and O–H groups in total. The minimum absolute atomic E-state index is 0.461. The Morgan fingerprint density at radius 3 is 1.68 bits per heavy atom. The van der Waals surface area contributed by atoms with Crippen LogP contribution in [-0.4, -0.2) is 4.57 Å². The van der Waals surface area contributed by atoms with Crippen LogP contribution in [-0.2, 0) is 0 Å². The second-order valence-electron chi connectivity index (χ2n) is 17.9. The predicted molar refractivity (Wildman–Crippen MR) is 282 cm³/mol. The van der Waals surface area contributed by atoms with Crippen molar-refractivity contribution >= 4 is 66.0 Å². The van der Waals surface area contributed by atoms with Gasteiger partial charge in [0.25, 0.3) is 0 Å². The molecule has 2 heteroatoms. The maximum absolute atomic E-state index is 2.46. The van der Waals surface area contributed by atoms with Crippen LogP contribution in [0.5, 0.6) is 0 Å². The normalized spacial score (nSPS) is 16.1. The minimum atomic E-state index is 0.461. The lowest BCUT2D eigenvalue weighted by Gasteiger charge is -2.34. The van der Waals surface area contributed by atoms with Gasteiger partial charge in [0, 0.05) is 33.5 Å². The van der Waals surface area contributed by atoms with Gasteiger partial charge in [0.05, 0.1) is 11.0 Å². The number of benzene rings is 9. The van der Waals surface area contributed by atoms with Crippen molar-refractivity contribution in [2.75, 3.05) is 4.90 Å². The Morgan fingerprint density at radius 1 is 0.500 bits per heavy atom. The molecule has 2 nitrogen and oxygen atoms in total. The molecule has 2 aliphatic rings. The van der Waals surface area contributed by atoms with Gasteiger partial charge in [-0.2, -0.15) is 0 Å². The van der Waals surface area contributed by atoms with Crippen molar-refractivity contribution in [2.24, 2.45) is 11.8 Å². The van der Waals surface area contributed by atoms with Crippen molar-refractivity contribution in [3.63, 3.8) is 0 Å². The molecule has 2 aliphatic carbocycles. The van der Waals surface area contributed by atoms with E-state index in [0.29, 0.717) is 11.8 Å².